The van der Waals surface area contributed by atoms with Crippen molar-refractivity contribution < 1.29 is 9.59 Å². The third kappa shape index (κ3) is 6.13. The molecule has 1 saturated heterocycles. The number of hydrogen-bond acceptors (Lipinski definition) is 3. The van der Waals surface area contributed by atoms with Crippen LogP contribution in [0.1, 0.15) is 43.9 Å². The monoisotopic (exact) mass is 353 g/mol. The fourth-order valence-electron chi connectivity index (χ4n) is 2.93. The minimum absolute atomic E-state index is 0. The zero-order valence-electron chi connectivity index (χ0n) is 14.6. The van der Waals surface area contributed by atoms with E-state index in [2.05, 4.69) is 22.9 Å². The molecule has 3 atom stereocenters. The Morgan fingerprint density at radius 3 is 2.54 bits per heavy atom. The molecule has 1 heterocycles. The molecule has 1 aromatic rings. The second-order valence-electron chi connectivity index (χ2n) is 6.51. The second-order valence-corrected chi connectivity index (χ2v) is 6.51. The van der Waals surface area contributed by atoms with Crippen LogP contribution in [-0.2, 0) is 9.59 Å². The van der Waals surface area contributed by atoms with Crippen LogP contribution < -0.4 is 16.0 Å². The van der Waals surface area contributed by atoms with Crippen LogP contribution in [0.25, 0.3) is 0 Å². The van der Waals surface area contributed by atoms with E-state index in [9.17, 15) is 9.59 Å². The third-order valence-corrected chi connectivity index (χ3v) is 4.42. The molecule has 3 N–H and O–H groups in total. The third-order valence-electron chi connectivity index (χ3n) is 4.42. The van der Waals surface area contributed by atoms with Crippen LogP contribution in [0.5, 0.6) is 0 Å². The minimum Gasteiger partial charge on any atom is -0.352 e. The number of benzene rings is 1. The Morgan fingerprint density at radius 2 is 1.96 bits per heavy atom. The second kappa shape index (κ2) is 9.64. The first-order valence-corrected chi connectivity index (χ1v) is 8.29. The number of hydrogen-bond donors (Lipinski definition) is 3. The largest absolute Gasteiger partial charge is 0.352 e. The van der Waals surface area contributed by atoms with E-state index in [4.69, 9.17) is 0 Å². The number of rotatable bonds is 5. The molecular formula is C18H28ClN3O2. The molecule has 0 bridgehead atoms. The maximum atomic E-state index is 12.4. The maximum Gasteiger partial charge on any atom is 0.222 e. The van der Waals surface area contributed by atoms with Gasteiger partial charge in [0, 0.05) is 19.5 Å². The molecule has 2 rings (SSSR count). The van der Waals surface area contributed by atoms with E-state index in [0.717, 1.165) is 30.6 Å². The van der Waals surface area contributed by atoms with Gasteiger partial charge in [0.2, 0.25) is 11.8 Å². The molecule has 6 heteroatoms. The predicted molar refractivity (Wildman–Crippen MR) is 98.2 cm³/mol. The van der Waals surface area contributed by atoms with Crippen molar-refractivity contribution in [3.05, 3.63) is 35.4 Å². The topological polar surface area (TPSA) is 70.2 Å². The summed E-state index contributed by atoms with van der Waals surface area (Å²) in [4.78, 5) is 23.9. The number of amides is 2. The summed E-state index contributed by atoms with van der Waals surface area (Å²) in [7, 11) is 0. The van der Waals surface area contributed by atoms with Gasteiger partial charge in [-0.05, 0) is 31.4 Å². The van der Waals surface area contributed by atoms with Gasteiger partial charge in [0.15, 0.2) is 0 Å². The molecule has 1 fully saturated rings. The number of halogens is 1. The average Bonchev–Trinajstić information content (AvgIpc) is 2.49. The molecule has 0 saturated carbocycles. The first-order chi connectivity index (χ1) is 11.0. The van der Waals surface area contributed by atoms with Gasteiger partial charge in [-0.2, -0.15) is 0 Å². The highest BCUT2D eigenvalue weighted by molar-refractivity contribution is 5.85. The highest BCUT2D eigenvalue weighted by Crippen LogP contribution is 2.18. The number of carbonyl (C=O) groups excluding carboxylic acids is 2. The highest BCUT2D eigenvalue weighted by Gasteiger charge is 2.24. The van der Waals surface area contributed by atoms with Gasteiger partial charge in [-0.3, -0.25) is 9.59 Å². The van der Waals surface area contributed by atoms with Gasteiger partial charge < -0.3 is 16.0 Å². The Kier molecular flexibility index (Phi) is 8.22. The molecule has 2 amide bonds. The van der Waals surface area contributed by atoms with Crippen molar-refractivity contribution in [3.63, 3.8) is 0 Å². The van der Waals surface area contributed by atoms with Crippen LogP contribution in [-0.4, -0.2) is 30.9 Å². The van der Waals surface area contributed by atoms with Gasteiger partial charge in [-0.1, -0.05) is 36.8 Å². The standard InChI is InChI=1S/C18H27N3O2.ClH/c1-12-4-6-15(7-5-12)16(20-14(3)22)10-18(23)21-17-11-19-9-8-13(17)2;/h4-7,13,16-17,19H,8-11H2,1-3H3,(H,20,22)(H,21,23);1H. The Morgan fingerprint density at radius 1 is 1.29 bits per heavy atom. The van der Waals surface area contributed by atoms with E-state index in [1.165, 1.54) is 6.92 Å². The molecule has 0 radical (unpaired) electrons. The molecule has 0 aromatic heterocycles. The summed E-state index contributed by atoms with van der Waals surface area (Å²) >= 11 is 0. The van der Waals surface area contributed by atoms with Crippen LogP contribution in [0.2, 0.25) is 0 Å². The van der Waals surface area contributed by atoms with E-state index in [-0.39, 0.29) is 42.7 Å². The van der Waals surface area contributed by atoms with Crippen molar-refractivity contribution in [1.82, 2.24) is 16.0 Å². The quantitative estimate of drug-likeness (QED) is 0.759. The molecule has 1 aromatic carbocycles. The summed E-state index contributed by atoms with van der Waals surface area (Å²) < 4.78 is 0. The molecule has 24 heavy (non-hydrogen) atoms. The number of nitrogens with one attached hydrogen (secondary N) is 3. The lowest BCUT2D eigenvalue weighted by atomic mass is 9.94. The van der Waals surface area contributed by atoms with Crippen molar-refractivity contribution in [2.75, 3.05) is 13.1 Å². The van der Waals surface area contributed by atoms with Gasteiger partial charge in [0.25, 0.3) is 0 Å². The summed E-state index contributed by atoms with van der Waals surface area (Å²) in [6.07, 6.45) is 1.32. The zero-order valence-corrected chi connectivity index (χ0v) is 15.4. The number of piperidine rings is 1. The van der Waals surface area contributed by atoms with Crippen molar-refractivity contribution in [3.8, 4) is 0 Å². The van der Waals surface area contributed by atoms with Gasteiger partial charge in [0.1, 0.15) is 0 Å². The van der Waals surface area contributed by atoms with Crippen LogP contribution in [0.3, 0.4) is 0 Å². The SMILES string of the molecule is CC(=O)NC(CC(=O)NC1CNCCC1C)c1ccc(C)cc1.Cl. The Balaban J connectivity index is 0.00000288. The fourth-order valence-corrected chi connectivity index (χ4v) is 2.93. The van der Waals surface area contributed by atoms with Gasteiger partial charge in [-0.25, -0.2) is 0 Å². The van der Waals surface area contributed by atoms with E-state index < -0.39 is 0 Å². The number of carbonyl (C=O) groups is 2. The summed E-state index contributed by atoms with van der Waals surface area (Å²) in [6, 6.07) is 7.79. The molecule has 3 unspecified atom stereocenters. The smallest absolute Gasteiger partial charge is 0.222 e. The van der Waals surface area contributed by atoms with E-state index in [1.54, 1.807) is 0 Å². The Labute approximate surface area is 150 Å². The molecule has 1 aliphatic rings. The summed E-state index contributed by atoms with van der Waals surface area (Å²) in [5.74, 6) is 0.319. The molecule has 134 valence electrons. The van der Waals surface area contributed by atoms with E-state index in [1.807, 2.05) is 31.2 Å². The predicted octanol–water partition coefficient (Wildman–Crippen LogP) is 2.10. The normalized spacial score (nSPS) is 21.3. The molecular weight excluding hydrogens is 326 g/mol. The zero-order chi connectivity index (χ0) is 16.8. The van der Waals surface area contributed by atoms with Crippen LogP contribution >= 0.6 is 12.4 Å². The van der Waals surface area contributed by atoms with Gasteiger partial charge in [-0.15, -0.1) is 12.4 Å². The molecule has 5 nitrogen and oxygen atoms in total. The van der Waals surface area contributed by atoms with Crippen LogP contribution in [0.4, 0.5) is 0 Å². The lowest BCUT2D eigenvalue weighted by molar-refractivity contribution is -0.123. The van der Waals surface area contributed by atoms with Crippen LogP contribution in [0, 0.1) is 12.8 Å². The fraction of sp³-hybridized carbons (Fsp3) is 0.556. The lowest BCUT2D eigenvalue weighted by Gasteiger charge is -2.30. The molecule has 0 aliphatic carbocycles. The molecule has 1 aliphatic heterocycles. The van der Waals surface area contributed by atoms with Crippen molar-refractivity contribution in [1.29, 1.82) is 0 Å². The van der Waals surface area contributed by atoms with E-state index >= 15 is 0 Å². The Hall–Kier alpha value is -1.59. The molecule has 0 spiro atoms. The minimum atomic E-state index is -0.292. The van der Waals surface area contributed by atoms with Crippen molar-refractivity contribution in [2.24, 2.45) is 5.92 Å². The first-order valence-electron chi connectivity index (χ1n) is 8.29. The lowest BCUT2D eigenvalue weighted by Crippen LogP contribution is -2.50. The Bertz CT molecular complexity index is 548. The summed E-state index contributed by atoms with van der Waals surface area (Å²) in [5.41, 5.74) is 2.11. The average molecular weight is 354 g/mol. The summed E-state index contributed by atoms with van der Waals surface area (Å²) in [6.45, 7) is 7.47. The van der Waals surface area contributed by atoms with Gasteiger partial charge >= 0.3 is 0 Å². The first kappa shape index (κ1) is 20.5. The van der Waals surface area contributed by atoms with Gasteiger partial charge in [0.05, 0.1) is 12.5 Å². The maximum absolute atomic E-state index is 12.4. The highest BCUT2D eigenvalue weighted by atomic mass is 35.5. The van der Waals surface area contributed by atoms with E-state index in [0.29, 0.717) is 5.92 Å². The van der Waals surface area contributed by atoms with Crippen LogP contribution in [0.15, 0.2) is 24.3 Å². The number of aryl methyl sites for hydroxylation is 1. The summed E-state index contributed by atoms with van der Waals surface area (Å²) in [5, 5.41) is 9.29. The van der Waals surface area contributed by atoms with Crippen molar-refractivity contribution in [2.45, 2.75) is 45.7 Å². The van der Waals surface area contributed by atoms with Crippen molar-refractivity contribution >= 4 is 24.2 Å².